The molecule has 0 atom stereocenters. The van der Waals surface area contributed by atoms with Crippen LogP contribution < -0.4 is 27.3 Å². The maximum Gasteiger partial charge on any atom is 0.165 e. The van der Waals surface area contributed by atoms with Gasteiger partial charge in [-0.1, -0.05) is 95.9 Å². The zero-order valence-corrected chi connectivity index (χ0v) is 29.7. The lowest BCUT2D eigenvalue weighted by atomic mass is 9.59. The van der Waals surface area contributed by atoms with E-state index in [1.165, 1.54) is 73.2 Å². The van der Waals surface area contributed by atoms with Crippen LogP contribution in [0.25, 0.3) is 85.6 Å². The molecule has 9 rings (SSSR count). The largest absolute Gasteiger partial charge is 0.208 e. The predicted octanol–water partition coefficient (Wildman–Crippen LogP) is 2.57. The Balaban J connectivity index is 1.36. The minimum Gasteiger partial charge on any atom is -0.208 e. The second-order valence-electron chi connectivity index (χ2n) is 12.9. The van der Waals surface area contributed by atoms with E-state index in [1.807, 2.05) is 0 Å². The van der Waals surface area contributed by atoms with Gasteiger partial charge in [-0.05, 0) is 35.4 Å². The summed E-state index contributed by atoms with van der Waals surface area (Å²) in [4.78, 5) is 16.0. The molecule has 0 aliphatic heterocycles. The molecular formula is C39H28B5N3S2. The molecule has 3 aromatic heterocycles. The molecule has 0 radical (unpaired) electrons. The molecule has 0 aliphatic carbocycles. The summed E-state index contributed by atoms with van der Waals surface area (Å²) in [6, 6.07) is 38.9. The van der Waals surface area contributed by atoms with E-state index in [0.29, 0.717) is 17.5 Å². The quantitative estimate of drug-likeness (QED) is 0.274. The van der Waals surface area contributed by atoms with Crippen LogP contribution in [-0.4, -0.2) is 54.2 Å². The summed E-state index contributed by atoms with van der Waals surface area (Å²) < 4.78 is 4.90. The Morgan fingerprint density at radius 2 is 0.714 bits per heavy atom. The van der Waals surface area contributed by atoms with Crippen LogP contribution in [-0.2, 0) is 0 Å². The van der Waals surface area contributed by atoms with Crippen molar-refractivity contribution < 1.29 is 0 Å². The maximum atomic E-state index is 5.34. The summed E-state index contributed by atoms with van der Waals surface area (Å²) in [5.74, 6) is 2.06. The average molecular weight is 657 g/mol. The van der Waals surface area contributed by atoms with Crippen molar-refractivity contribution in [3.8, 4) is 45.3 Å². The lowest BCUT2D eigenvalue weighted by Crippen LogP contribution is -2.55. The van der Waals surface area contributed by atoms with Crippen molar-refractivity contribution in [1.82, 2.24) is 15.0 Å². The average Bonchev–Trinajstić information content (AvgIpc) is 3.72. The SMILES string of the molecule is Bc1c(B)c(B)c(-c2ccccc2-c2nc(-c3cccc4c3sc3ccccc34)nc(-c3cccc4c3sc3ccccc34)n2)c(B)c1B. The number of nitrogens with zero attached hydrogens (tertiary/aromatic N) is 3. The minimum atomic E-state index is 0.682. The number of rotatable bonds is 4. The van der Waals surface area contributed by atoms with Gasteiger partial charge in [0.25, 0.3) is 0 Å². The number of hydrogen-bond donors (Lipinski definition) is 0. The Labute approximate surface area is 297 Å². The van der Waals surface area contributed by atoms with Crippen molar-refractivity contribution in [3.05, 3.63) is 109 Å². The first-order valence-electron chi connectivity index (χ1n) is 16.6. The summed E-state index contributed by atoms with van der Waals surface area (Å²) in [6.07, 6.45) is 0. The molecular weight excluding hydrogens is 629 g/mol. The van der Waals surface area contributed by atoms with Crippen molar-refractivity contribution in [2.24, 2.45) is 0 Å². The number of thiophene rings is 2. The molecule has 6 aromatic carbocycles. The van der Waals surface area contributed by atoms with Crippen LogP contribution in [0.15, 0.2) is 109 Å². The Kier molecular flexibility index (Phi) is 7.15. The first kappa shape index (κ1) is 30.2. The van der Waals surface area contributed by atoms with Crippen molar-refractivity contribution in [1.29, 1.82) is 0 Å². The summed E-state index contributed by atoms with van der Waals surface area (Å²) in [5.41, 5.74) is 12.1. The highest BCUT2D eigenvalue weighted by molar-refractivity contribution is 7.26. The fraction of sp³-hybridized carbons (Fsp3) is 0. The first-order chi connectivity index (χ1) is 23.9. The molecule has 9 aromatic rings. The van der Waals surface area contributed by atoms with Gasteiger partial charge in [-0.2, -0.15) is 0 Å². The van der Waals surface area contributed by atoms with Crippen LogP contribution in [0, 0.1) is 0 Å². The molecule has 0 fully saturated rings. The lowest BCUT2D eigenvalue weighted by Gasteiger charge is -2.22. The molecule has 0 amide bonds. The number of fused-ring (bicyclic) bond motifs is 6. The van der Waals surface area contributed by atoms with Crippen molar-refractivity contribution >= 4 is 130 Å². The van der Waals surface area contributed by atoms with Crippen LogP contribution >= 0.6 is 22.7 Å². The highest BCUT2D eigenvalue weighted by Crippen LogP contribution is 2.42. The third-order valence-electron chi connectivity index (χ3n) is 10.4. The topological polar surface area (TPSA) is 38.7 Å². The number of aromatic nitrogens is 3. The highest BCUT2D eigenvalue weighted by Gasteiger charge is 2.22. The van der Waals surface area contributed by atoms with E-state index in [9.17, 15) is 0 Å². The number of benzene rings is 6. The van der Waals surface area contributed by atoms with E-state index in [0.717, 1.165) is 22.3 Å². The van der Waals surface area contributed by atoms with E-state index in [4.69, 9.17) is 15.0 Å². The van der Waals surface area contributed by atoms with Gasteiger partial charge in [-0.15, -0.1) is 39.1 Å². The zero-order chi connectivity index (χ0) is 33.4. The molecule has 10 heteroatoms. The lowest BCUT2D eigenvalue weighted by molar-refractivity contribution is 1.08. The first-order valence-corrected chi connectivity index (χ1v) is 18.3. The molecule has 0 saturated heterocycles. The van der Waals surface area contributed by atoms with E-state index in [1.54, 1.807) is 22.7 Å². The van der Waals surface area contributed by atoms with Gasteiger partial charge in [0.15, 0.2) is 17.5 Å². The molecule has 0 bridgehead atoms. The number of hydrogen-bond acceptors (Lipinski definition) is 5. The van der Waals surface area contributed by atoms with E-state index in [2.05, 4.69) is 148 Å². The summed E-state index contributed by atoms with van der Waals surface area (Å²) >= 11 is 3.60. The molecule has 226 valence electrons. The molecule has 0 spiro atoms. The van der Waals surface area contributed by atoms with Crippen LogP contribution in [0.2, 0.25) is 0 Å². The molecule has 0 N–H and O–H groups in total. The van der Waals surface area contributed by atoms with Crippen molar-refractivity contribution in [2.45, 2.75) is 0 Å². The van der Waals surface area contributed by atoms with Crippen LogP contribution in [0.4, 0.5) is 0 Å². The van der Waals surface area contributed by atoms with Gasteiger partial charge < -0.3 is 0 Å². The zero-order valence-electron chi connectivity index (χ0n) is 28.1. The van der Waals surface area contributed by atoms with Gasteiger partial charge in [-0.25, -0.2) is 15.0 Å². The molecule has 3 heterocycles. The maximum absolute atomic E-state index is 5.34. The Morgan fingerprint density at radius 3 is 1.22 bits per heavy atom. The monoisotopic (exact) mass is 657 g/mol. The molecule has 0 aliphatic rings. The second kappa shape index (κ2) is 11.6. The van der Waals surface area contributed by atoms with Gasteiger partial charge in [0.1, 0.15) is 39.2 Å². The third kappa shape index (κ3) is 4.73. The summed E-state index contributed by atoms with van der Waals surface area (Å²) in [6.45, 7) is 0. The van der Waals surface area contributed by atoms with Crippen molar-refractivity contribution in [3.63, 3.8) is 0 Å². The van der Waals surface area contributed by atoms with Crippen LogP contribution in [0.3, 0.4) is 0 Å². The Hall–Kier alpha value is -4.91. The Bertz CT molecular complexity index is 2650. The molecule has 0 unspecified atom stereocenters. The van der Waals surface area contributed by atoms with Crippen molar-refractivity contribution in [2.75, 3.05) is 0 Å². The molecule has 3 nitrogen and oxygen atoms in total. The third-order valence-corrected chi connectivity index (χ3v) is 12.8. The fourth-order valence-corrected chi connectivity index (χ4v) is 9.81. The minimum absolute atomic E-state index is 0.682. The van der Waals surface area contributed by atoms with Gasteiger partial charge in [0, 0.05) is 57.0 Å². The molecule has 0 saturated carbocycles. The van der Waals surface area contributed by atoms with Gasteiger partial charge in [0.05, 0.1) is 0 Å². The fourth-order valence-electron chi connectivity index (χ4n) is 7.38. The van der Waals surface area contributed by atoms with Crippen LogP contribution in [0.1, 0.15) is 0 Å². The van der Waals surface area contributed by atoms with Crippen LogP contribution in [0.5, 0.6) is 0 Å². The normalized spacial score (nSPS) is 11.7. The van der Waals surface area contributed by atoms with Gasteiger partial charge in [-0.3, -0.25) is 0 Å². The summed E-state index contributed by atoms with van der Waals surface area (Å²) in [7, 11) is 11.2. The highest BCUT2D eigenvalue weighted by atomic mass is 32.1. The second-order valence-corrected chi connectivity index (χ2v) is 15.0. The molecule has 49 heavy (non-hydrogen) atoms. The van der Waals surface area contributed by atoms with E-state index >= 15 is 0 Å². The summed E-state index contributed by atoms with van der Waals surface area (Å²) in [5, 5.41) is 4.97. The van der Waals surface area contributed by atoms with Gasteiger partial charge in [0.2, 0.25) is 0 Å². The van der Waals surface area contributed by atoms with E-state index in [-0.39, 0.29) is 0 Å². The van der Waals surface area contributed by atoms with Gasteiger partial charge >= 0.3 is 0 Å². The smallest absolute Gasteiger partial charge is 0.165 e. The Morgan fingerprint density at radius 1 is 0.347 bits per heavy atom. The standard InChI is InChI=1S/C39H28B5N3S2/c40-30-29(31(41)33(43)34(44)32(30)42)21-11-1-2-12-24(21)37-45-38(25-15-7-13-22-19-9-3-5-17-27(19)48-35(22)25)47-39(46-37)26-16-8-14-23-20-10-4-6-18-28(20)49-36(23)26/h1-18H,40-44H2. The van der Waals surface area contributed by atoms with E-state index < -0.39 is 0 Å². The predicted molar refractivity (Wildman–Crippen MR) is 228 cm³/mol.